The van der Waals surface area contributed by atoms with E-state index < -0.39 is 0 Å². The van der Waals surface area contributed by atoms with Gasteiger partial charge in [0.1, 0.15) is 11.5 Å². The van der Waals surface area contributed by atoms with Crippen molar-refractivity contribution < 1.29 is 14.3 Å². The topological polar surface area (TPSA) is 43.4 Å². The minimum Gasteiger partial charge on any atom is -0.428 e. The summed E-state index contributed by atoms with van der Waals surface area (Å²) in [5, 5.41) is 0. The Balaban J connectivity index is 2.81. The zero-order chi connectivity index (χ0) is 12.1. The number of ether oxygens (including phenoxy) is 1. The van der Waals surface area contributed by atoms with Gasteiger partial charge in [-0.2, -0.15) is 0 Å². The summed E-state index contributed by atoms with van der Waals surface area (Å²) < 4.78 is 5.41. The van der Waals surface area contributed by atoms with Crippen molar-refractivity contribution in [1.29, 1.82) is 0 Å². The number of carbonyl (C=O) groups excluding carboxylic acids is 2. The lowest BCUT2D eigenvalue weighted by Crippen LogP contribution is -2.10. The van der Waals surface area contributed by atoms with Crippen molar-refractivity contribution in [2.24, 2.45) is 5.92 Å². The van der Waals surface area contributed by atoms with E-state index in [4.69, 9.17) is 4.74 Å². The number of carbonyl (C=O) groups is 2. The first-order chi connectivity index (χ1) is 7.54. The van der Waals surface area contributed by atoms with Crippen LogP contribution < -0.4 is 4.74 Å². The molecule has 0 heterocycles. The predicted molar refractivity (Wildman–Crippen MR) is 64.4 cm³/mol. The lowest BCUT2D eigenvalue weighted by Gasteiger charge is -2.06. The Bertz CT molecular complexity index is 399. The van der Waals surface area contributed by atoms with Gasteiger partial charge < -0.3 is 4.74 Å². The Labute approximate surface area is 103 Å². The van der Waals surface area contributed by atoms with Gasteiger partial charge in [0.2, 0.25) is 0 Å². The molecule has 0 aliphatic heterocycles. The molecule has 0 aliphatic rings. The van der Waals surface area contributed by atoms with E-state index in [1.54, 1.807) is 18.2 Å². The predicted octanol–water partition coefficient (Wildman–Crippen LogP) is 2.75. The Morgan fingerprint density at radius 1 is 1.50 bits per heavy atom. The van der Waals surface area contributed by atoms with Gasteiger partial charge in [0.25, 0.3) is 6.47 Å². The average Bonchev–Trinajstić information content (AvgIpc) is 2.22. The maximum atomic E-state index is 11.5. The molecule has 0 fully saturated rings. The molecule has 0 aromatic heterocycles. The van der Waals surface area contributed by atoms with Gasteiger partial charge in [-0.05, 0) is 33.6 Å². The second-order valence-corrected chi connectivity index (χ2v) is 4.63. The molecule has 3 nitrogen and oxygen atoms in total. The SMILES string of the molecule is CC(C)C(=O)Cc1ccc(OC=O)c(Br)c1. The molecule has 86 valence electrons. The second kappa shape index (κ2) is 5.80. The summed E-state index contributed by atoms with van der Waals surface area (Å²) in [5.41, 5.74) is 0.906. The number of hydrogen-bond acceptors (Lipinski definition) is 3. The first kappa shape index (κ1) is 12.9. The lowest BCUT2D eigenvalue weighted by atomic mass is 10.0. The smallest absolute Gasteiger partial charge is 0.298 e. The molecule has 16 heavy (non-hydrogen) atoms. The molecule has 0 bridgehead atoms. The minimum absolute atomic E-state index is 0.0321. The molecule has 0 atom stereocenters. The summed E-state index contributed by atoms with van der Waals surface area (Å²) in [7, 11) is 0. The van der Waals surface area contributed by atoms with Gasteiger partial charge in [-0.25, -0.2) is 0 Å². The van der Waals surface area contributed by atoms with Crippen LogP contribution in [0.25, 0.3) is 0 Å². The van der Waals surface area contributed by atoms with Crippen LogP contribution in [0.2, 0.25) is 0 Å². The first-order valence-corrected chi connectivity index (χ1v) is 5.75. The Morgan fingerprint density at radius 3 is 2.69 bits per heavy atom. The molecule has 1 rings (SSSR count). The summed E-state index contributed by atoms with van der Waals surface area (Å²) in [5.74, 6) is 0.677. The van der Waals surface area contributed by atoms with E-state index in [-0.39, 0.29) is 11.7 Å². The van der Waals surface area contributed by atoms with Crippen LogP contribution >= 0.6 is 15.9 Å². The minimum atomic E-state index is 0.0321. The number of ketones is 1. The van der Waals surface area contributed by atoms with Crippen molar-refractivity contribution in [2.75, 3.05) is 0 Å². The molecule has 1 aromatic carbocycles. The number of hydrogen-bond donors (Lipinski definition) is 0. The fourth-order valence-electron chi connectivity index (χ4n) is 1.21. The van der Waals surface area contributed by atoms with Gasteiger partial charge in [0, 0.05) is 12.3 Å². The maximum Gasteiger partial charge on any atom is 0.298 e. The van der Waals surface area contributed by atoms with Crippen molar-refractivity contribution >= 4 is 28.2 Å². The zero-order valence-electron chi connectivity index (χ0n) is 9.20. The molecule has 0 spiro atoms. The Morgan fingerprint density at radius 2 is 2.19 bits per heavy atom. The molecule has 0 unspecified atom stereocenters. The summed E-state index contributed by atoms with van der Waals surface area (Å²) in [6.45, 7) is 4.13. The van der Waals surface area contributed by atoms with Crippen LogP contribution in [-0.2, 0) is 16.0 Å². The van der Waals surface area contributed by atoms with Crippen LogP contribution in [0.15, 0.2) is 22.7 Å². The molecule has 0 N–H and O–H groups in total. The van der Waals surface area contributed by atoms with Crippen LogP contribution in [-0.4, -0.2) is 12.3 Å². The number of Topliss-reactive ketones (excluding diaryl/α,β-unsaturated/α-hetero) is 1. The largest absolute Gasteiger partial charge is 0.428 e. The van der Waals surface area contributed by atoms with Crippen LogP contribution in [0.1, 0.15) is 19.4 Å². The zero-order valence-corrected chi connectivity index (χ0v) is 10.8. The van der Waals surface area contributed by atoms with Gasteiger partial charge in [-0.1, -0.05) is 19.9 Å². The molecule has 0 radical (unpaired) electrons. The van der Waals surface area contributed by atoms with Crippen molar-refractivity contribution in [3.05, 3.63) is 28.2 Å². The molecular weight excluding hydrogens is 272 g/mol. The highest BCUT2D eigenvalue weighted by Gasteiger charge is 2.09. The first-order valence-electron chi connectivity index (χ1n) is 4.96. The summed E-state index contributed by atoms with van der Waals surface area (Å²) in [6.07, 6.45) is 0.400. The van der Waals surface area contributed by atoms with Crippen LogP contribution in [0.4, 0.5) is 0 Å². The molecule has 0 saturated heterocycles. The number of benzene rings is 1. The quantitative estimate of drug-likeness (QED) is 0.781. The summed E-state index contributed by atoms with van der Waals surface area (Å²) in [4.78, 5) is 21.7. The molecule has 4 heteroatoms. The van der Waals surface area contributed by atoms with E-state index >= 15 is 0 Å². The summed E-state index contributed by atoms with van der Waals surface area (Å²) in [6, 6.07) is 5.24. The van der Waals surface area contributed by atoms with Crippen LogP contribution in [0, 0.1) is 5.92 Å². The third-order valence-electron chi connectivity index (χ3n) is 2.19. The second-order valence-electron chi connectivity index (χ2n) is 3.78. The van der Waals surface area contributed by atoms with Gasteiger partial charge in [-0.3, -0.25) is 9.59 Å². The van der Waals surface area contributed by atoms with Crippen molar-refractivity contribution in [2.45, 2.75) is 20.3 Å². The van der Waals surface area contributed by atoms with Gasteiger partial charge in [0.05, 0.1) is 4.47 Å². The average molecular weight is 285 g/mol. The van der Waals surface area contributed by atoms with Gasteiger partial charge in [0.15, 0.2) is 0 Å². The number of halogens is 1. The highest BCUT2D eigenvalue weighted by molar-refractivity contribution is 9.10. The molecule has 0 aliphatic carbocycles. The third-order valence-corrected chi connectivity index (χ3v) is 2.81. The van der Waals surface area contributed by atoms with E-state index in [0.717, 1.165) is 5.56 Å². The molecule has 1 aromatic rings. The third kappa shape index (κ3) is 3.45. The molecule has 0 saturated carbocycles. The van der Waals surface area contributed by atoms with Gasteiger partial charge in [-0.15, -0.1) is 0 Å². The van der Waals surface area contributed by atoms with Gasteiger partial charge >= 0.3 is 0 Å². The lowest BCUT2D eigenvalue weighted by molar-refractivity contribution is -0.121. The number of rotatable bonds is 5. The van der Waals surface area contributed by atoms with E-state index in [0.29, 0.717) is 23.1 Å². The fourth-order valence-corrected chi connectivity index (χ4v) is 1.73. The van der Waals surface area contributed by atoms with Crippen molar-refractivity contribution in [3.63, 3.8) is 0 Å². The standard InChI is InChI=1S/C12H13BrO3/c1-8(2)11(15)6-9-3-4-12(16-7-14)10(13)5-9/h3-5,7-8H,6H2,1-2H3. The fraction of sp³-hybridized carbons (Fsp3) is 0.333. The monoisotopic (exact) mass is 284 g/mol. The van der Waals surface area contributed by atoms with Crippen molar-refractivity contribution in [3.8, 4) is 5.75 Å². The van der Waals surface area contributed by atoms with Crippen LogP contribution in [0.3, 0.4) is 0 Å². The van der Waals surface area contributed by atoms with Crippen LogP contribution in [0.5, 0.6) is 5.75 Å². The van der Waals surface area contributed by atoms with Crippen molar-refractivity contribution in [1.82, 2.24) is 0 Å². The normalized spacial score (nSPS) is 10.2. The summed E-state index contributed by atoms with van der Waals surface area (Å²) >= 11 is 3.28. The Hall–Kier alpha value is -1.16. The van der Waals surface area contributed by atoms with E-state index in [1.807, 2.05) is 13.8 Å². The van der Waals surface area contributed by atoms with E-state index in [9.17, 15) is 9.59 Å². The van der Waals surface area contributed by atoms with E-state index in [2.05, 4.69) is 15.9 Å². The van der Waals surface area contributed by atoms with E-state index in [1.165, 1.54) is 0 Å². The highest BCUT2D eigenvalue weighted by atomic mass is 79.9. The highest BCUT2D eigenvalue weighted by Crippen LogP contribution is 2.26. The molecule has 0 amide bonds. The maximum absolute atomic E-state index is 11.5. The molecular formula is C12H13BrO3. The Kier molecular flexibility index (Phi) is 4.68.